The van der Waals surface area contributed by atoms with Crippen molar-refractivity contribution in [1.82, 2.24) is 15.3 Å². The zero-order valence-electron chi connectivity index (χ0n) is 9.63. The van der Waals surface area contributed by atoms with E-state index in [9.17, 15) is 9.59 Å². The number of aromatic carboxylic acids is 1. The van der Waals surface area contributed by atoms with Gasteiger partial charge in [-0.05, 0) is 24.3 Å². The largest absolute Gasteiger partial charge is 0.476 e. The minimum atomic E-state index is -1.15. The first-order valence-corrected chi connectivity index (χ1v) is 6.76. The minimum Gasteiger partial charge on any atom is -0.476 e. The Morgan fingerprint density at radius 2 is 1.83 bits per heavy atom. The van der Waals surface area contributed by atoms with E-state index >= 15 is 0 Å². The summed E-state index contributed by atoms with van der Waals surface area (Å²) in [6.45, 7) is 0. The number of thioether (sulfide) groups is 1. The molecule has 1 saturated heterocycles. The van der Waals surface area contributed by atoms with E-state index in [0.29, 0.717) is 0 Å². The van der Waals surface area contributed by atoms with Crippen molar-refractivity contribution < 1.29 is 14.7 Å². The Morgan fingerprint density at radius 3 is 2.39 bits per heavy atom. The molecule has 0 unspecified atom stereocenters. The molecule has 1 aliphatic heterocycles. The van der Waals surface area contributed by atoms with Crippen LogP contribution in [0.3, 0.4) is 0 Å². The molecule has 0 bridgehead atoms. The van der Waals surface area contributed by atoms with Crippen LogP contribution in [0.4, 0.5) is 0 Å². The van der Waals surface area contributed by atoms with Gasteiger partial charge in [0, 0.05) is 6.04 Å². The molecule has 0 spiro atoms. The molecule has 1 aromatic rings. The highest BCUT2D eigenvalue weighted by molar-refractivity contribution is 7.99. The second-order valence-electron chi connectivity index (χ2n) is 3.95. The second kappa shape index (κ2) is 5.81. The van der Waals surface area contributed by atoms with Crippen molar-refractivity contribution in [3.8, 4) is 0 Å². The fourth-order valence-corrected chi connectivity index (χ4v) is 2.76. The summed E-state index contributed by atoms with van der Waals surface area (Å²) in [6.07, 6.45) is 4.19. The summed E-state index contributed by atoms with van der Waals surface area (Å²) in [4.78, 5) is 29.9. The van der Waals surface area contributed by atoms with Gasteiger partial charge in [0.25, 0.3) is 5.91 Å². The maximum atomic E-state index is 11.8. The number of rotatable bonds is 3. The first-order chi connectivity index (χ1) is 8.66. The lowest BCUT2D eigenvalue weighted by Crippen LogP contribution is -2.37. The topological polar surface area (TPSA) is 92.2 Å². The van der Waals surface area contributed by atoms with E-state index in [1.165, 1.54) is 6.20 Å². The van der Waals surface area contributed by atoms with Gasteiger partial charge in [-0.3, -0.25) is 4.79 Å². The lowest BCUT2D eigenvalue weighted by Gasteiger charge is -2.22. The number of amides is 1. The van der Waals surface area contributed by atoms with Gasteiger partial charge in [0.2, 0.25) is 0 Å². The third kappa shape index (κ3) is 3.19. The fraction of sp³-hybridized carbons (Fsp3) is 0.455. The zero-order chi connectivity index (χ0) is 13.0. The first kappa shape index (κ1) is 12.8. The highest BCUT2D eigenvalue weighted by atomic mass is 32.2. The predicted molar refractivity (Wildman–Crippen MR) is 66.8 cm³/mol. The van der Waals surface area contributed by atoms with Crippen LogP contribution in [0.25, 0.3) is 0 Å². The highest BCUT2D eigenvalue weighted by Gasteiger charge is 2.18. The molecule has 0 atom stereocenters. The standard InChI is InChI=1S/C11H13N3O3S/c15-10(14-7-1-3-18-4-2-7)8-5-13-9(6-12-8)11(16)17/h5-7H,1-4H2,(H,14,15)(H,16,17). The van der Waals surface area contributed by atoms with Crippen molar-refractivity contribution in [2.75, 3.05) is 11.5 Å². The van der Waals surface area contributed by atoms with Crippen LogP contribution < -0.4 is 5.32 Å². The number of hydrogen-bond acceptors (Lipinski definition) is 5. The van der Waals surface area contributed by atoms with E-state index in [1.807, 2.05) is 11.8 Å². The quantitative estimate of drug-likeness (QED) is 0.841. The molecule has 1 aromatic heterocycles. The monoisotopic (exact) mass is 267 g/mol. The second-order valence-corrected chi connectivity index (χ2v) is 5.18. The highest BCUT2D eigenvalue weighted by Crippen LogP contribution is 2.17. The summed E-state index contributed by atoms with van der Waals surface area (Å²) in [5.41, 5.74) is -0.0150. The number of carboxylic acid groups (broad SMARTS) is 1. The molecule has 0 aliphatic carbocycles. The van der Waals surface area contributed by atoms with Crippen LogP contribution in [0, 0.1) is 0 Å². The van der Waals surface area contributed by atoms with E-state index < -0.39 is 5.97 Å². The molecular weight excluding hydrogens is 254 g/mol. The number of carbonyl (C=O) groups is 2. The predicted octanol–water partition coefficient (Wildman–Crippen LogP) is 0.800. The Hall–Kier alpha value is -1.63. The van der Waals surface area contributed by atoms with Crippen molar-refractivity contribution in [3.05, 3.63) is 23.8 Å². The molecule has 6 nitrogen and oxygen atoms in total. The Kier molecular flexibility index (Phi) is 4.14. The summed E-state index contributed by atoms with van der Waals surface area (Å²) in [7, 11) is 0. The Bertz CT molecular complexity index is 443. The Morgan fingerprint density at radius 1 is 1.22 bits per heavy atom. The van der Waals surface area contributed by atoms with Crippen molar-refractivity contribution in [2.24, 2.45) is 0 Å². The molecule has 0 aromatic carbocycles. The molecular formula is C11H13N3O3S. The van der Waals surface area contributed by atoms with Crippen molar-refractivity contribution in [2.45, 2.75) is 18.9 Å². The minimum absolute atomic E-state index is 0.151. The van der Waals surface area contributed by atoms with E-state index in [4.69, 9.17) is 5.11 Å². The maximum Gasteiger partial charge on any atom is 0.356 e. The van der Waals surface area contributed by atoms with E-state index in [1.54, 1.807) is 0 Å². The summed E-state index contributed by atoms with van der Waals surface area (Å²) in [6, 6.07) is 0.180. The lowest BCUT2D eigenvalue weighted by atomic mass is 10.1. The van der Waals surface area contributed by atoms with Gasteiger partial charge in [0.1, 0.15) is 5.69 Å². The molecule has 2 rings (SSSR count). The summed E-state index contributed by atoms with van der Waals surface area (Å²) < 4.78 is 0. The van der Waals surface area contributed by atoms with Crippen molar-refractivity contribution in [1.29, 1.82) is 0 Å². The maximum absolute atomic E-state index is 11.8. The molecule has 1 fully saturated rings. The third-order valence-electron chi connectivity index (χ3n) is 2.66. The molecule has 2 heterocycles. The van der Waals surface area contributed by atoms with Gasteiger partial charge >= 0.3 is 5.97 Å². The molecule has 0 radical (unpaired) electrons. The molecule has 2 N–H and O–H groups in total. The average Bonchev–Trinajstić information content (AvgIpc) is 2.40. The van der Waals surface area contributed by atoms with Crippen molar-refractivity contribution >= 4 is 23.6 Å². The van der Waals surface area contributed by atoms with Crippen LogP contribution in [0.15, 0.2) is 12.4 Å². The van der Waals surface area contributed by atoms with Crippen LogP contribution in [0.1, 0.15) is 33.8 Å². The number of hydrogen-bond donors (Lipinski definition) is 2. The Balaban J connectivity index is 1.97. The fourth-order valence-electron chi connectivity index (χ4n) is 1.66. The summed E-state index contributed by atoms with van der Waals surface area (Å²) >= 11 is 1.88. The number of aromatic nitrogens is 2. The van der Waals surface area contributed by atoms with Crippen LogP contribution >= 0.6 is 11.8 Å². The molecule has 1 amide bonds. The molecule has 18 heavy (non-hydrogen) atoms. The average molecular weight is 267 g/mol. The van der Waals surface area contributed by atoms with E-state index in [-0.39, 0.29) is 23.3 Å². The summed E-state index contributed by atoms with van der Waals surface area (Å²) in [5, 5.41) is 11.6. The zero-order valence-corrected chi connectivity index (χ0v) is 10.4. The van der Waals surface area contributed by atoms with Crippen LogP contribution in [-0.2, 0) is 0 Å². The SMILES string of the molecule is O=C(O)c1cnc(C(=O)NC2CCSCC2)cn1. The number of nitrogens with one attached hydrogen (secondary N) is 1. The van der Waals surface area contributed by atoms with Gasteiger partial charge in [-0.2, -0.15) is 11.8 Å². The van der Waals surface area contributed by atoms with Gasteiger partial charge < -0.3 is 10.4 Å². The molecule has 0 saturated carbocycles. The van der Waals surface area contributed by atoms with Gasteiger partial charge in [-0.25, -0.2) is 14.8 Å². The van der Waals surface area contributed by atoms with E-state index in [2.05, 4.69) is 15.3 Å². The number of carbonyl (C=O) groups excluding carboxylic acids is 1. The van der Waals surface area contributed by atoms with Crippen LogP contribution in [0.5, 0.6) is 0 Å². The van der Waals surface area contributed by atoms with Crippen molar-refractivity contribution in [3.63, 3.8) is 0 Å². The third-order valence-corrected chi connectivity index (χ3v) is 3.71. The normalized spacial score (nSPS) is 16.2. The van der Waals surface area contributed by atoms with Gasteiger partial charge in [0.15, 0.2) is 5.69 Å². The van der Waals surface area contributed by atoms with Crippen LogP contribution in [0.2, 0.25) is 0 Å². The number of nitrogens with zero attached hydrogens (tertiary/aromatic N) is 2. The Labute approximate surface area is 108 Å². The molecule has 7 heteroatoms. The lowest BCUT2D eigenvalue weighted by molar-refractivity contribution is 0.0689. The summed E-state index contributed by atoms with van der Waals surface area (Å²) in [5.74, 6) is 0.651. The smallest absolute Gasteiger partial charge is 0.356 e. The van der Waals surface area contributed by atoms with Gasteiger partial charge in [-0.15, -0.1) is 0 Å². The van der Waals surface area contributed by atoms with E-state index in [0.717, 1.165) is 30.5 Å². The molecule has 96 valence electrons. The molecule has 1 aliphatic rings. The van der Waals surface area contributed by atoms with Crippen LogP contribution in [-0.4, -0.2) is 44.5 Å². The van der Waals surface area contributed by atoms with Gasteiger partial charge in [0.05, 0.1) is 12.4 Å². The van der Waals surface area contributed by atoms with Gasteiger partial charge in [-0.1, -0.05) is 0 Å². The first-order valence-electron chi connectivity index (χ1n) is 5.61. The number of carboxylic acids is 1.